The highest BCUT2D eigenvalue weighted by atomic mass is 16.4. The maximum Gasteiger partial charge on any atom is 0.310 e. The van der Waals surface area contributed by atoms with E-state index >= 15 is 0 Å². The van der Waals surface area contributed by atoms with Gasteiger partial charge in [-0.05, 0) is 64.4 Å². The molecule has 0 heterocycles. The highest BCUT2D eigenvalue weighted by molar-refractivity contribution is 5.73. The van der Waals surface area contributed by atoms with Crippen LogP contribution in [0.1, 0.15) is 58.4 Å². The molecular formula is C23H34N2O2. The van der Waals surface area contributed by atoms with Crippen molar-refractivity contribution in [3.05, 3.63) is 41.5 Å². The van der Waals surface area contributed by atoms with E-state index in [-0.39, 0.29) is 0 Å². The van der Waals surface area contributed by atoms with Gasteiger partial charge in [0.05, 0.1) is 5.41 Å². The van der Waals surface area contributed by atoms with Gasteiger partial charge in [-0.15, -0.1) is 0 Å². The normalized spacial score (nSPS) is 28.8. The Labute approximate surface area is 163 Å². The number of hydrogen-bond acceptors (Lipinski definition) is 3. The smallest absolute Gasteiger partial charge is 0.310 e. The highest BCUT2D eigenvalue weighted by Gasteiger charge is 2.39. The van der Waals surface area contributed by atoms with Crippen LogP contribution in [0.25, 0.3) is 6.08 Å². The van der Waals surface area contributed by atoms with E-state index in [0.29, 0.717) is 30.6 Å². The summed E-state index contributed by atoms with van der Waals surface area (Å²) < 4.78 is 0. The van der Waals surface area contributed by atoms with Crippen LogP contribution >= 0.6 is 0 Å². The zero-order valence-electron chi connectivity index (χ0n) is 16.9. The molecule has 27 heavy (non-hydrogen) atoms. The van der Waals surface area contributed by atoms with E-state index in [4.69, 9.17) is 0 Å². The fourth-order valence-electron chi connectivity index (χ4n) is 4.04. The van der Waals surface area contributed by atoms with Crippen LogP contribution in [0, 0.1) is 11.3 Å². The van der Waals surface area contributed by atoms with Gasteiger partial charge in [0, 0.05) is 24.7 Å². The van der Waals surface area contributed by atoms with Crippen LogP contribution in [0.2, 0.25) is 0 Å². The Kier molecular flexibility index (Phi) is 6.38. The van der Waals surface area contributed by atoms with Crippen molar-refractivity contribution in [2.24, 2.45) is 11.3 Å². The van der Waals surface area contributed by atoms with Crippen LogP contribution in [-0.2, 0) is 4.79 Å². The number of carboxylic acid groups (broad SMARTS) is 1. The maximum absolute atomic E-state index is 11.2. The van der Waals surface area contributed by atoms with Gasteiger partial charge >= 0.3 is 5.97 Å². The minimum atomic E-state index is -0.732. The van der Waals surface area contributed by atoms with Gasteiger partial charge in [-0.25, -0.2) is 0 Å². The van der Waals surface area contributed by atoms with E-state index in [1.165, 1.54) is 30.4 Å². The Morgan fingerprint density at radius 1 is 1.15 bits per heavy atom. The summed E-state index contributed by atoms with van der Waals surface area (Å²) in [4.78, 5) is 11.2. The van der Waals surface area contributed by atoms with Crippen molar-refractivity contribution in [3.63, 3.8) is 0 Å². The molecule has 4 nitrogen and oxygen atoms in total. The van der Waals surface area contributed by atoms with Gasteiger partial charge < -0.3 is 15.7 Å². The molecular weight excluding hydrogens is 336 g/mol. The van der Waals surface area contributed by atoms with E-state index in [1.807, 2.05) is 0 Å². The van der Waals surface area contributed by atoms with Crippen molar-refractivity contribution in [3.8, 4) is 0 Å². The van der Waals surface area contributed by atoms with Crippen molar-refractivity contribution in [1.82, 2.24) is 10.6 Å². The van der Waals surface area contributed by atoms with Crippen molar-refractivity contribution in [2.45, 2.75) is 71.0 Å². The van der Waals surface area contributed by atoms with Crippen molar-refractivity contribution in [2.75, 3.05) is 6.54 Å². The summed E-state index contributed by atoms with van der Waals surface area (Å²) >= 11 is 0. The lowest BCUT2D eigenvalue weighted by Crippen LogP contribution is -2.45. The van der Waals surface area contributed by atoms with Crippen LogP contribution < -0.4 is 10.6 Å². The third-order valence-corrected chi connectivity index (χ3v) is 6.16. The number of hydrogen-bond donors (Lipinski definition) is 3. The van der Waals surface area contributed by atoms with Crippen molar-refractivity contribution < 1.29 is 9.90 Å². The maximum atomic E-state index is 11.2. The number of nitrogens with one attached hydrogen (secondary N) is 2. The van der Waals surface area contributed by atoms with Gasteiger partial charge in [-0.2, -0.15) is 0 Å². The largest absolute Gasteiger partial charge is 0.481 e. The first-order chi connectivity index (χ1) is 12.8. The molecule has 3 rings (SSSR count). The number of carbonyl (C=O) groups is 1. The van der Waals surface area contributed by atoms with Gasteiger partial charge in [-0.1, -0.05) is 42.0 Å². The van der Waals surface area contributed by atoms with Crippen LogP contribution in [0.3, 0.4) is 0 Å². The average molecular weight is 371 g/mol. The molecule has 0 spiro atoms. The summed E-state index contributed by atoms with van der Waals surface area (Å²) in [6.07, 6.45) is 8.18. The van der Waals surface area contributed by atoms with E-state index < -0.39 is 11.4 Å². The van der Waals surface area contributed by atoms with Crippen molar-refractivity contribution >= 4 is 12.0 Å². The molecule has 1 aromatic carbocycles. The molecule has 2 atom stereocenters. The molecule has 0 amide bonds. The molecule has 1 unspecified atom stereocenters. The fourth-order valence-corrected chi connectivity index (χ4v) is 4.04. The molecule has 3 N–H and O–H groups in total. The van der Waals surface area contributed by atoms with Crippen LogP contribution in [0.5, 0.6) is 0 Å². The van der Waals surface area contributed by atoms with Gasteiger partial charge in [0.25, 0.3) is 0 Å². The Morgan fingerprint density at radius 2 is 1.78 bits per heavy atom. The monoisotopic (exact) mass is 370 g/mol. The minimum Gasteiger partial charge on any atom is -0.481 e. The van der Waals surface area contributed by atoms with Crippen molar-refractivity contribution in [1.29, 1.82) is 0 Å². The first-order valence-electron chi connectivity index (χ1n) is 10.3. The van der Waals surface area contributed by atoms with Crippen LogP contribution in [0.4, 0.5) is 0 Å². The Balaban J connectivity index is 1.38. The summed E-state index contributed by atoms with van der Waals surface area (Å²) in [7, 11) is 0. The summed E-state index contributed by atoms with van der Waals surface area (Å²) in [5.41, 5.74) is 2.07. The molecule has 2 aliphatic rings. The number of rotatable bonds is 8. The Bertz CT molecular complexity index is 660. The second kappa shape index (κ2) is 8.57. The third-order valence-electron chi connectivity index (χ3n) is 6.16. The van der Waals surface area contributed by atoms with E-state index in [0.717, 1.165) is 12.8 Å². The number of aliphatic carboxylic acids is 1. The topological polar surface area (TPSA) is 61.4 Å². The molecule has 2 fully saturated rings. The lowest BCUT2D eigenvalue weighted by molar-refractivity contribution is -0.146. The standard InChI is InChI=1S/C23H34N2O2/c1-16(13-17-7-5-4-6-8-17)20-14-21(20)25-19-11-9-18(10-12-19)24-15-23(2,3)22(26)27/h4-8,13,18-21,24-25H,9-12,14-15H2,1-3H3,(H,26,27)/b16-13+/t18?,19?,20-,21?/m0/s1. The molecule has 1 aromatic rings. The molecule has 2 aliphatic carbocycles. The molecule has 0 aromatic heterocycles. The van der Waals surface area contributed by atoms with Crippen LogP contribution in [0.15, 0.2) is 35.9 Å². The van der Waals surface area contributed by atoms with Gasteiger partial charge in [0.15, 0.2) is 0 Å². The molecule has 0 radical (unpaired) electrons. The molecule has 0 aliphatic heterocycles. The predicted octanol–water partition coefficient (Wildman–Crippen LogP) is 4.08. The first kappa shape index (κ1) is 20.1. The third kappa shape index (κ3) is 5.66. The molecule has 0 bridgehead atoms. The van der Waals surface area contributed by atoms with Gasteiger partial charge in [0.2, 0.25) is 0 Å². The predicted molar refractivity (Wildman–Crippen MR) is 111 cm³/mol. The summed E-state index contributed by atoms with van der Waals surface area (Å²) in [5, 5.41) is 16.6. The second-order valence-electron chi connectivity index (χ2n) is 9.03. The van der Waals surface area contributed by atoms with Gasteiger partial charge in [0.1, 0.15) is 0 Å². The number of benzene rings is 1. The highest BCUT2D eigenvalue weighted by Crippen LogP contribution is 2.39. The lowest BCUT2D eigenvalue weighted by atomic mass is 9.88. The zero-order valence-corrected chi connectivity index (χ0v) is 16.9. The number of carboxylic acids is 1. The molecule has 2 saturated carbocycles. The first-order valence-corrected chi connectivity index (χ1v) is 10.3. The average Bonchev–Trinajstić information content (AvgIpc) is 3.41. The lowest BCUT2D eigenvalue weighted by Gasteiger charge is -2.32. The van der Waals surface area contributed by atoms with Crippen LogP contribution in [-0.4, -0.2) is 35.7 Å². The molecule has 0 saturated heterocycles. The fraction of sp³-hybridized carbons (Fsp3) is 0.609. The molecule has 148 valence electrons. The summed E-state index contributed by atoms with van der Waals surface area (Å²) in [6, 6.07) is 12.2. The van der Waals surface area contributed by atoms with E-state index in [2.05, 4.69) is 54.0 Å². The second-order valence-corrected chi connectivity index (χ2v) is 9.03. The molecule has 4 heteroatoms. The quantitative estimate of drug-likeness (QED) is 0.645. The minimum absolute atomic E-state index is 0.455. The van der Waals surface area contributed by atoms with E-state index in [9.17, 15) is 9.90 Å². The van der Waals surface area contributed by atoms with Gasteiger partial charge in [-0.3, -0.25) is 4.79 Å². The Hall–Kier alpha value is -1.65. The zero-order chi connectivity index (χ0) is 19.4. The Morgan fingerprint density at radius 3 is 2.41 bits per heavy atom. The SMILES string of the molecule is C/C(=C\c1ccccc1)[C@@H]1CC1NC1CCC(NCC(C)(C)C(=O)O)CC1. The summed E-state index contributed by atoms with van der Waals surface area (Å²) in [5.74, 6) is -0.0542. The van der Waals surface area contributed by atoms with E-state index in [1.54, 1.807) is 13.8 Å². The summed E-state index contributed by atoms with van der Waals surface area (Å²) in [6.45, 7) is 6.37.